The quantitative estimate of drug-likeness (QED) is 0.901. The number of carbonyl (C=O) groups is 1. The maximum Gasteiger partial charge on any atom is 0.256 e. The smallest absolute Gasteiger partial charge is 0.256 e. The Kier molecular flexibility index (Phi) is 4.57. The topological polar surface area (TPSA) is 32.3 Å². The van der Waals surface area contributed by atoms with Crippen molar-refractivity contribution in [1.29, 1.82) is 0 Å². The molecular formula is C15H13BrF2N2O. The molecule has 1 amide bonds. The summed E-state index contributed by atoms with van der Waals surface area (Å²) < 4.78 is 28.3. The molecule has 110 valence electrons. The average Bonchev–Trinajstić information content (AvgIpc) is 2.37. The van der Waals surface area contributed by atoms with Crippen molar-refractivity contribution >= 4 is 33.2 Å². The molecule has 0 spiro atoms. The van der Waals surface area contributed by atoms with Gasteiger partial charge in [-0.05, 0) is 40.2 Å². The minimum atomic E-state index is -0.734. The zero-order valence-corrected chi connectivity index (χ0v) is 13.0. The Hall–Kier alpha value is -1.95. The largest absolute Gasteiger partial charge is 0.373 e. The van der Waals surface area contributed by atoms with E-state index in [0.717, 1.165) is 12.1 Å². The van der Waals surface area contributed by atoms with Gasteiger partial charge in [-0.3, -0.25) is 4.79 Å². The van der Waals surface area contributed by atoms with Gasteiger partial charge < -0.3 is 10.2 Å². The Bertz CT molecular complexity index is 666. The lowest BCUT2D eigenvalue weighted by molar-refractivity contribution is 0.102. The van der Waals surface area contributed by atoms with E-state index in [1.165, 1.54) is 4.90 Å². The lowest BCUT2D eigenvalue weighted by Gasteiger charge is -2.16. The zero-order chi connectivity index (χ0) is 15.6. The van der Waals surface area contributed by atoms with Crippen LogP contribution in [0.3, 0.4) is 0 Å². The summed E-state index contributed by atoms with van der Waals surface area (Å²) in [6.07, 6.45) is 0. The highest BCUT2D eigenvalue weighted by Crippen LogP contribution is 2.26. The summed E-state index contributed by atoms with van der Waals surface area (Å²) in [5, 5.41) is 2.48. The van der Waals surface area contributed by atoms with E-state index < -0.39 is 17.5 Å². The first-order valence-electron chi connectivity index (χ1n) is 6.12. The van der Waals surface area contributed by atoms with Crippen LogP contribution in [0.1, 0.15) is 10.4 Å². The third kappa shape index (κ3) is 3.39. The van der Waals surface area contributed by atoms with Gasteiger partial charge in [-0.15, -0.1) is 0 Å². The van der Waals surface area contributed by atoms with E-state index in [4.69, 9.17) is 0 Å². The number of amides is 1. The van der Waals surface area contributed by atoms with Crippen molar-refractivity contribution in [2.75, 3.05) is 24.3 Å². The Balaban J connectivity index is 2.29. The highest BCUT2D eigenvalue weighted by molar-refractivity contribution is 9.10. The number of nitrogens with zero attached hydrogens (tertiary/aromatic N) is 1. The fourth-order valence-corrected chi connectivity index (χ4v) is 2.37. The van der Waals surface area contributed by atoms with Crippen LogP contribution in [0.15, 0.2) is 40.9 Å². The molecule has 0 unspecified atom stereocenters. The molecule has 0 aliphatic rings. The molecule has 0 aliphatic heterocycles. The number of benzene rings is 2. The van der Waals surface area contributed by atoms with Crippen molar-refractivity contribution in [3.8, 4) is 0 Å². The predicted octanol–water partition coefficient (Wildman–Crippen LogP) is 4.05. The highest BCUT2D eigenvalue weighted by Gasteiger charge is 2.15. The molecule has 6 heteroatoms. The second-order valence-electron chi connectivity index (χ2n) is 4.62. The second kappa shape index (κ2) is 6.22. The lowest BCUT2D eigenvalue weighted by atomic mass is 10.2. The van der Waals surface area contributed by atoms with E-state index in [-0.39, 0.29) is 11.4 Å². The highest BCUT2D eigenvalue weighted by atomic mass is 79.9. The summed E-state index contributed by atoms with van der Waals surface area (Å²) in [6, 6.07) is 8.98. The molecule has 0 saturated heterocycles. The summed E-state index contributed by atoms with van der Waals surface area (Å²) in [5.74, 6) is -1.91. The molecule has 2 aromatic carbocycles. The van der Waals surface area contributed by atoms with Crippen molar-refractivity contribution in [1.82, 2.24) is 0 Å². The lowest BCUT2D eigenvalue weighted by Crippen LogP contribution is -2.16. The summed E-state index contributed by atoms with van der Waals surface area (Å²) in [7, 11) is 3.08. The molecule has 2 rings (SSSR count). The molecule has 0 radical (unpaired) electrons. The van der Waals surface area contributed by atoms with E-state index in [9.17, 15) is 13.6 Å². The van der Waals surface area contributed by atoms with Crippen LogP contribution in [0, 0.1) is 11.6 Å². The van der Waals surface area contributed by atoms with Crippen LogP contribution in [0.4, 0.5) is 20.2 Å². The summed E-state index contributed by atoms with van der Waals surface area (Å²) in [6.45, 7) is 0. The van der Waals surface area contributed by atoms with E-state index in [2.05, 4.69) is 21.2 Å². The van der Waals surface area contributed by atoms with Gasteiger partial charge in [0.25, 0.3) is 5.91 Å². The molecule has 2 aromatic rings. The summed E-state index contributed by atoms with van der Waals surface area (Å²) in [5.41, 5.74) is 0.306. The molecule has 3 nitrogen and oxygen atoms in total. The van der Waals surface area contributed by atoms with Crippen LogP contribution >= 0.6 is 15.9 Å². The maximum atomic E-state index is 13.9. The summed E-state index contributed by atoms with van der Waals surface area (Å²) in [4.78, 5) is 13.4. The molecule has 0 saturated carbocycles. The number of nitrogens with one attached hydrogen (secondary N) is 1. The first-order valence-corrected chi connectivity index (χ1v) is 6.91. The normalized spacial score (nSPS) is 10.3. The van der Waals surface area contributed by atoms with Gasteiger partial charge in [-0.1, -0.05) is 12.1 Å². The first-order chi connectivity index (χ1) is 9.90. The molecule has 0 bridgehead atoms. The fourth-order valence-electron chi connectivity index (χ4n) is 1.91. The molecule has 0 heterocycles. The van der Waals surface area contributed by atoms with Crippen LogP contribution < -0.4 is 10.2 Å². The predicted molar refractivity (Wildman–Crippen MR) is 82.8 cm³/mol. The Morgan fingerprint density at radius 1 is 1.14 bits per heavy atom. The van der Waals surface area contributed by atoms with Gasteiger partial charge in [-0.2, -0.15) is 0 Å². The van der Waals surface area contributed by atoms with Crippen LogP contribution in [-0.4, -0.2) is 20.0 Å². The standard InChI is InChI=1S/C15H13BrF2N2O/c1-20(2)14-12(17)7-9(8-13(14)18)19-15(21)10-5-3-4-6-11(10)16/h3-8H,1-2H3,(H,19,21). The van der Waals surface area contributed by atoms with Crippen molar-refractivity contribution in [3.05, 3.63) is 58.1 Å². The zero-order valence-electron chi connectivity index (χ0n) is 11.5. The first kappa shape index (κ1) is 15.4. The summed E-state index contributed by atoms with van der Waals surface area (Å²) >= 11 is 3.25. The van der Waals surface area contributed by atoms with Gasteiger partial charge in [0.1, 0.15) is 5.69 Å². The molecular weight excluding hydrogens is 342 g/mol. The van der Waals surface area contributed by atoms with Gasteiger partial charge in [0.05, 0.1) is 5.56 Å². The van der Waals surface area contributed by atoms with Gasteiger partial charge in [0, 0.05) is 24.3 Å². The van der Waals surface area contributed by atoms with E-state index in [1.807, 2.05) is 0 Å². The van der Waals surface area contributed by atoms with Gasteiger partial charge in [0.2, 0.25) is 0 Å². The number of halogens is 3. The van der Waals surface area contributed by atoms with Crippen molar-refractivity contribution < 1.29 is 13.6 Å². The van der Waals surface area contributed by atoms with E-state index in [0.29, 0.717) is 10.0 Å². The van der Waals surface area contributed by atoms with Crippen LogP contribution in [0.5, 0.6) is 0 Å². The second-order valence-corrected chi connectivity index (χ2v) is 5.47. The molecule has 0 fully saturated rings. The van der Waals surface area contributed by atoms with Crippen molar-refractivity contribution in [2.24, 2.45) is 0 Å². The molecule has 0 aliphatic carbocycles. The minimum Gasteiger partial charge on any atom is -0.373 e. The number of anilines is 2. The fraction of sp³-hybridized carbons (Fsp3) is 0.133. The molecule has 1 N–H and O–H groups in total. The third-order valence-corrected chi connectivity index (χ3v) is 3.53. The van der Waals surface area contributed by atoms with Crippen LogP contribution in [-0.2, 0) is 0 Å². The van der Waals surface area contributed by atoms with Gasteiger partial charge >= 0.3 is 0 Å². The monoisotopic (exact) mass is 354 g/mol. The molecule has 21 heavy (non-hydrogen) atoms. The van der Waals surface area contributed by atoms with Gasteiger partial charge in [-0.25, -0.2) is 8.78 Å². The van der Waals surface area contributed by atoms with Crippen LogP contribution in [0.25, 0.3) is 0 Å². The Labute approximate surface area is 129 Å². The van der Waals surface area contributed by atoms with E-state index in [1.54, 1.807) is 38.4 Å². The van der Waals surface area contributed by atoms with Crippen molar-refractivity contribution in [3.63, 3.8) is 0 Å². The number of hydrogen-bond donors (Lipinski definition) is 1. The third-order valence-electron chi connectivity index (χ3n) is 2.84. The Morgan fingerprint density at radius 2 is 1.71 bits per heavy atom. The maximum absolute atomic E-state index is 13.9. The number of hydrogen-bond acceptors (Lipinski definition) is 2. The van der Waals surface area contributed by atoms with Crippen LogP contribution in [0.2, 0.25) is 0 Å². The van der Waals surface area contributed by atoms with Gasteiger partial charge in [0.15, 0.2) is 11.6 Å². The minimum absolute atomic E-state index is 0.0661. The number of carbonyl (C=O) groups excluding carboxylic acids is 1. The van der Waals surface area contributed by atoms with Crippen molar-refractivity contribution in [2.45, 2.75) is 0 Å². The average molecular weight is 355 g/mol. The Morgan fingerprint density at radius 3 is 2.24 bits per heavy atom. The number of rotatable bonds is 3. The SMILES string of the molecule is CN(C)c1c(F)cc(NC(=O)c2ccccc2Br)cc1F. The molecule has 0 aromatic heterocycles. The molecule has 0 atom stereocenters. The van der Waals surface area contributed by atoms with E-state index >= 15 is 0 Å².